The third-order valence-electron chi connectivity index (χ3n) is 4.79. The molecular weight excluding hydrogens is 406 g/mol. The van der Waals surface area contributed by atoms with Crippen LogP contribution in [0.5, 0.6) is 0 Å². The van der Waals surface area contributed by atoms with E-state index in [1.54, 1.807) is 25.3 Å². The highest BCUT2D eigenvalue weighted by Gasteiger charge is 2.29. The molecule has 1 aromatic heterocycles. The van der Waals surface area contributed by atoms with Gasteiger partial charge in [-0.25, -0.2) is 5.01 Å². The fourth-order valence-corrected chi connectivity index (χ4v) is 3.51. The van der Waals surface area contributed by atoms with Crippen LogP contribution in [-0.2, 0) is 21.4 Å². The Kier molecular flexibility index (Phi) is 6.89. The van der Waals surface area contributed by atoms with Gasteiger partial charge >= 0.3 is 0 Å². The predicted octanol–water partition coefficient (Wildman–Crippen LogP) is 2.79. The number of benzene rings is 1. The zero-order chi connectivity index (χ0) is 21.7. The van der Waals surface area contributed by atoms with Crippen molar-refractivity contribution in [2.24, 2.45) is 7.05 Å². The normalized spacial score (nSPS) is 13.8. The van der Waals surface area contributed by atoms with Crippen LogP contribution in [0, 0.1) is 6.92 Å². The van der Waals surface area contributed by atoms with E-state index < -0.39 is 0 Å². The molecule has 0 saturated carbocycles. The van der Waals surface area contributed by atoms with Crippen LogP contribution >= 0.6 is 11.6 Å². The number of anilines is 1. The number of rotatable bonds is 6. The van der Waals surface area contributed by atoms with Crippen LogP contribution in [0.4, 0.5) is 5.69 Å². The average molecular weight is 430 g/mol. The number of hydrazine groups is 1. The van der Waals surface area contributed by atoms with E-state index >= 15 is 0 Å². The van der Waals surface area contributed by atoms with Gasteiger partial charge in [-0.1, -0.05) is 29.8 Å². The molecular formula is C21H24ClN5O3. The zero-order valence-electron chi connectivity index (χ0n) is 17.0. The summed E-state index contributed by atoms with van der Waals surface area (Å²) in [7, 11) is 1.73. The molecule has 1 fully saturated rings. The molecule has 0 radical (unpaired) electrons. The van der Waals surface area contributed by atoms with Crippen molar-refractivity contribution in [3.8, 4) is 0 Å². The molecule has 0 unspecified atom stereocenters. The summed E-state index contributed by atoms with van der Waals surface area (Å²) in [5.41, 5.74) is 2.06. The van der Waals surface area contributed by atoms with Gasteiger partial charge in [0.05, 0.1) is 5.69 Å². The summed E-state index contributed by atoms with van der Waals surface area (Å²) >= 11 is 6.19. The predicted molar refractivity (Wildman–Crippen MR) is 114 cm³/mol. The van der Waals surface area contributed by atoms with Gasteiger partial charge < -0.3 is 5.32 Å². The van der Waals surface area contributed by atoms with Crippen LogP contribution in [0.1, 0.15) is 30.5 Å². The van der Waals surface area contributed by atoms with Gasteiger partial charge in [0.2, 0.25) is 11.8 Å². The van der Waals surface area contributed by atoms with Crippen molar-refractivity contribution in [3.05, 3.63) is 52.8 Å². The van der Waals surface area contributed by atoms with E-state index in [4.69, 9.17) is 11.6 Å². The number of aryl methyl sites for hydroxylation is 2. The second-order valence-electron chi connectivity index (χ2n) is 6.99. The van der Waals surface area contributed by atoms with Crippen molar-refractivity contribution in [1.82, 2.24) is 19.8 Å². The number of nitrogens with one attached hydrogen (secondary N) is 1. The lowest BCUT2D eigenvalue weighted by Crippen LogP contribution is -2.44. The van der Waals surface area contributed by atoms with Crippen LogP contribution < -0.4 is 5.32 Å². The highest BCUT2D eigenvalue weighted by molar-refractivity contribution is 6.31. The van der Waals surface area contributed by atoms with Gasteiger partial charge in [-0.15, -0.1) is 0 Å². The van der Waals surface area contributed by atoms with Crippen LogP contribution in [-0.4, -0.2) is 50.6 Å². The first-order valence-electron chi connectivity index (χ1n) is 9.70. The monoisotopic (exact) mass is 429 g/mol. The number of hydrogen-bond donors (Lipinski definition) is 1. The minimum atomic E-state index is -0.311. The van der Waals surface area contributed by atoms with E-state index in [1.807, 2.05) is 25.1 Å². The fraction of sp³-hybridized carbons (Fsp3) is 0.333. The Hall–Kier alpha value is -3.13. The van der Waals surface area contributed by atoms with Gasteiger partial charge in [-0.05, 0) is 31.6 Å². The molecule has 2 heterocycles. The Morgan fingerprint density at radius 1 is 1.13 bits per heavy atom. The highest BCUT2D eigenvalue weighted by atomic mass is 35.5. The third kappa shape index (κ3) is 5.07. The Balaban J connectivity index is 1.56. The molecule has 1 saturated heterocycles. The SMILES string of the molecule is Cc1nn(C)c(Cl)c1C=CC(=O)N1CCCN1C(=O)CCC(=O)Nc1ccccc1. The summed E-state index contributed by atoms with van der Waals surface area (Å²) in [6.45, 7) is 2.71. The van der Waals surface area contributed by atoms with Gasteiger partial charge in [-0.3, -0.25) is 24.1 Å². The van der Waals surface area contributed by atoms with E-state index in [2.05, 4.69) is 10.4 Å². The van der Waals surface area contributed by atoms with E-state index in [0.717, 1.165) is 0 Å². The molecule has 3 rings (SSSR count). The van der Waals surface area contributed by atoms with Crippen molar-refractivity contribution in [2.75, 3.05) is 18.4 Å². The Bertz CT molecular complexity index is 971. The molecule has 9 heteroatoms. The Labute approximate surface area is 180 Å². The second kappa shape index (κ2) is 9.58. The van der Waals surface area contributed by atoms with E-state index in [-0.39, 0.29) is 30.6 Å². The number of aromatic nitrogens is 2. The van der Waals surface area contributed by atoms with E-state index in [0.29, 0.717) is 41.6 Å². The number of hydrogen-bond acceptors (Lipinski definition) is 4. The summed E-state index contributed by atoms with van der Waals surface area (Å²) in [6.07, 6.45) is 3.77. The molecule has 1 aromatic carbocycles. The topological polar surface area (TPSA) is 87.5 Å². The van der Waals surface area contributed by atoms with Crippen LogP contribution in [0.3, 0.4) is 0 Å². The third-order valence-corrected chi connectivity index (χ3v) is 5.23. The van der Waals surface area contributed by atoms with Gasteiger partial charge in [0.1, 0.15) is 5.15 Å². The lowest BCUT2D eigenvalue weighted by Gasteiger charge is -2.26. The van der Waals surface area contributed by atoms with Crippen molar-refractivity contribution >= 4 is 41.1 Å². The van der Waals surface area contributed by atoms with Gasteiger partial charge in [0.25, 0.3) is 5.91 Å². The largest absolute Gasteiger partial charge is 0.326 e. The standard InChI is InChI=1S/C21H24ClN5O3/c1-15-17(21(22)25(2)24-15)9-11-19(29)26-13-6-14-27(26)20(30)12-10-18(28)23-16-7-4-3-5-8-16/h3-5,7-9,11H,6,10,12-14H2,1-2H3,(H,23,28). The Morgan fingerprint density at radius 3 is 2.50 bits per heavy atom. The zero-order valence-corrected chi connectivity index (χ0v) is 17.7. The first-order valence-corrected chi connectivity index (χ1v) is 10.1. The minimum absolute atomic E-state index is 0.0275. The Morgan fingerprint density at radius 2 is 1.83 bits per heavy atom. The summed E-state index contributed by atoms with van der Waals surface area (Å²) in [6, 6.07) is 9.06. The molecule has 8 nitrogen and oxygen atoms in total. The number of para-hydroxylation sites is 1. The molecule has 0 spiro atoms. The van der Waals surface area contributed by atoms with Crippen LogP contribution in [0.2, 0.25) is 5.15 Å². The maximum Gasteiger partial charge on any atom is 0.265 e. The quantitative estimate of drug-likeness (QED) is 0.715. The molecule has 1 aliphatic rings. The maximum atomic E-state index is 12.6. The summed E-state index contributed by atoms with van der Waals surface area (Å²) < 4.78 is 1.53. The molecule has 2 aromatic rings. The summed E-state index contributed by atoms with van der Waals surface area (Å²) in [5, 5.41) is 10.2. The fourth-order valence-electron chi connectivity index (χ4n) is 3.27. The van der Waals surface area contributed by atoms with E-state index in [1.165, 1.54) is 20.8 Å². The second-order valence-corrected chi connectivity index (χ2v) is 7.35. The highest BCUT2D eigenvalue weighted by Crippen LogP contribution is 2.21. The average Bonchev–Trinajstić information content (AvgIpc) is 3.31. The van der Waals surface area contributed by atoms with Crippen molar-refractivity contribution in [2.45, 2.75) is 26.2 Å². The van der Waals surface area contributed by atoms with Crippen molar-refractivity contribution < 1.29 is 14.4 Å². The van der Waals surface area contributed by atoms with Gasteiger partial charge in [0, 0.05) is 50.3 Å². The number of amides is 3. The van der Waals surface area contributed by atoms with Gasteiger partial charge in [0.15, 0.2) is 0 Å². The first-order chi connectivity index (χ1) is 14.4. The molecule has 3 amide bonds. The minimum Gasteiger partial charge on any atom is -0.326 e. The molecule has 0 bridgehead atoms. The van der Waals surface area contributed by atoms with E-state index in [9.17, 15) is 14.4 Å². The first kappa shape index (κ1) is 21.6. The molecule has 0 atom stereocenters. The lowest BCUT2D eigenvalue weighted by molar-refractivity contribution is -0.155. The van der Waals surface area contributed by atoms with Crippen molar-refractivity contribution in [3.63, 3.8) is 0 Å². The summed E-state index contributed by atoms with van der Waals surface area (Å²) in [4.78, 5) is 37.3. The smallest absolute Gasteiger partial charge is 0.265 e. The molecule has 158 valence electrons. The van der Waals surface area contributed by atoms with Crippen LogP contribution in [0.15, 0.2) is 36.4 Å². The lowest BCUT2D eigenvalue weighted by atomic mass is 10.2. The van der Waals surface area contributed by atoms with Crippen LogP contribution in [0.25, 0.3) is 6.08 Å². The number of nitrogens with zero attached hydrogens (tertiary/aromatic N) is 4. The van der Waals surface area contributed by atoms with Crippen molar-refractivity contribution in [1.29, 1.82) is 0 Å². The molecule has 1 N–H and O–H groups in total. The molecule has 30 heavy (non-hydrogen) atoms. The number of carbonyl (C=O) groups is 3. The maximum absolute atomic E-state index is 12.6. The van der Waals surface area contributed by atoms with Gasteiger partial charge in [-0.2, -0.15) is 5.10 Å². The molecule has 1 aliphatic heterocycles. The summed E-state index contributed by atoms with van der Waals surface area (Å²) in [5.74, 6) is -0.810. The number of carbonyl (C=O) groups excluding carboxylic acids is 3. The number of halogens is 1. The molecule has 0 aliphatic carbocycles.